The van der Waals surface area contributed by atoms with Crippen LogP contribution in [0.3, 0.4) is 0 Å². The van der Waals surface area contributed by atoms with Crippen LogP contribution >= 0.6 is 0 Å². The fourth-order valence-corrected chi connectivity index (χ4v) is 3.44. The van der Waals surface area contributed by atoms with Crippen molar-refractivity contribution in [2.45, 2.75) is 26.3 Å². The molecular weight excluding hydrogens is 324 g/mol. The summed E-state index contributed by atoms with van der Waals surface area (Å²) in [6.07, 6.45) is 4.43. The highest BCUT2D eigenvalue weighted by Gasteiger charge is 2.20. The molecule has 3 rings (SSSR count). The summed E-state index contributed by atoms with van der Waals surface area (Å²) in [5.41, 5.74) is 3.71. The number of benzene rings is 1. The highest BCUT2D eigenvalue weighted by molar-refractivity contribution is 5.78. The van der Waals surface area contributed by atoms with E-state index in [1.807, 2.05) is 25.3 Å². The number of pyridine rings is 1. The van der Waals surface area contributed by atoms with Crippen molar-refractivity contribution in [3.63, 3.8) is 0 Å². The van der Waals surface area contributed by atoms with Gasteiger partial charge in [-0.25, -0.2) is 0 Å². The van der Waals surface area contributed by atoms with E-state index < -0.39 is 0 Å². The Morgan fingerprint density at radius 1 is 1.19 bits per heavy atom. The number of aromatic nitrogens is 1. The van der Waals surface area contributed by atoms with Gasteiger partial charge in [0.05, 0.1) is 6.54 Å². The molecule has 0 bridgehead atoms. The van der Waals surface area contributed by atoms with E-state index in [1.165, 1.54) is 11.3 Å². The monoisotopic (exact) mass is 352 g/mol. The number of carbonyl (C=O) groups excluding carboxylic acids is 1. The van der Waals surface area contributed by atoms with E-state index in [-0.39, 0.29) is 11.9 Å². The molecule has 1 saturated heterocycles. The minimum Gasteiger partial charge on any atom is -0.369 e. The number of rotatable bonds is 6. The lowest BCUT2D eigenvalue weighted by Crippen LogP contribution is -2.50. The zero-order chi connectivity index (χ0) is 18.4. The third-order valence-corrected chi connectivity index (χ3v) is 4.78. The smallest absolute Gasteiger partial charge is 0.234 e. The van der Waals surface area contributed by atoms with Gasteiger partial charge in [-0.3, -0.25) is 14.7 Å². The average molecular weight is 352 g/mol. The molecule has 1 amide bonds. The number of nitrogens with zero attached hydrogens (tertiary/aromatic N) is 3. The van der Waals surface area contributed by atoms with Crippen LogP contribution in [-0.4, -0.2) is 54.6 Å². The van der Waals surface area contributed by atoms with Gasteiger partial charge in [0.2, 0.25) is 5.91 Å². The van der Waals surface area contributed by atoms with E-state index >= 15 is 0 Å². The Balaban J connectivity index is 1.42. The van der Waals surface area contributed by atoms with Crippen molar-refractivity contribution >= 4 is 11.6 Å². The zero-order valence-electron chi connectivity index (χ0n) is 15.7. The van der Waals surface area contributed by atoms with Crippen molar-refractivity contribution in [1.29, 1.82) is 0 Å². The first kappa shape index (κ1) is 18.4. The molecule has 1 atom stereocenters. The quantitative estimate of drug-likeness (QED) is 0.866. The second-order valence-electron chi connectivity index (χ2n) is 7.14. The fourth-order valence-electron chi connectivity index (χ4n) is 3.44. The molecule has 1 aliphatic heterocycles. The summed E-state index contributed by atoms with van der Waals surface area (Å²) in [5, 5.41) is 3.10. The molecule has 1 aromatic carbocycles. The molecule has 0 aliphatic carbocycles. The van der Waals surface area contributed by atoms with E-state index in [9.17, 15) is 4.79 Å². The molecule has 1 fully saturated rings. The Kier molecular flexibility index (Phi) is 6.23. The molecule has 0 radical (unpaired) electrons. The maximum Gasteiger partial charge on any atom is 0.234 e. The van der Waals surface area contributed by atoms with Gasteiger partial charge in [0, 0.05) is 50.3 Å². The SMILES string of the molecule is Cc1cccc(N2CCN(CC(=O)N[C@@H](C)Cc3cccnc3)CC2)c1. The van der Waals surface area contributed by atoms with Crippen LogP contribution in [0, 0.1) is 6.92 Å². The molecule has 2 heterocycles. The van der Waals surface area contributed by atoms with Crippen LogP contribution < -0.4 is 10.2 Å². The number of amides is 1. The van der Waals surface area contributed by atoms with Crippen molar-refractivity contribution in [2.75, 3.05) is 37.6 Å². The summed E-state index contributed by atoms with van der Waals surface area (Å²) in [6.45, 7) is 8.39. The van der Waals surface area contributed by atoms with Crippen LogP contribution in [-0.2, 0) is 11.2 Å². The Labute approximate surface area is 156 Å². The maximum atomic E-state index is 12.3. The number of aryl methyl sites for hydroxylation is 1. The van der Waals surface area contributed by atoms with Gasteiger partial charge < -0.3 is 10.2 Å². The first-order valence-corrected chi connectivity index (χ1v) is 9.32. The number of anilines is 1. The van der Waals surface area contributed by atoms with Crippen LogP contribution in [0.4, 0.5) is 5.69 Å². The molecular formula is C21H28N4O. The van der Waals surface area contributed by atoms with E-state index in [1.54, 1.807) is 6.20 Å². The molecule has 2 aromatic rings. The summed E-state index contributed by atoms with van der Waals surface area (Å²) >= 11 is 0. The van der Waals surface area contributed by atoms with E-state index in [0.717, 1.165) is 38.2 Å². The summed E-state index contributed by atoms with van der Waals surface area (Å²) in [5.74, 6) is 0.102. The van der Waals surface area contributed by atoms with Gasteiger partial charge in [0.1, 0.15) is 0 Å². The normalized spacial score (nSPS) is 16.3. The minimum absolute atomic E-state index is 0.102. The van der Waals surface area contributed by atoms with Crippen LogP contribution in [0.25, 0.3) is 0 Å². The summed E-state index contributed by atoms with van der Waals surface area (Å²) < 4.78 is 0. The second kappa shape index (κ2) is 8.81. The number of carbonyl (C=O) groups is 1. The zero-order valence-corrected chi connectivity index (χ0v) is 15.7. The third kappa shape index (κ3) is 5.30. The van der Waals surface area contributed by atoms with Crippen molar-refractivity contribution in [3.8, 4) is 0 Å². The molecule has 1 N–H and O–H groups in total. The predicted molar refractivity (Wildman–Crippen MR) is 105 cm³/mol. The average Bonchev–Trinajstić information content (AvgIpc) is 2.63. The predicted octanol–water partition coefficient (Wildman–Crippen LogP) is 2.26. The second-order valence-corrected chi connectivity index (χ2v) is 7.14. The molecule has 26 heavy (non-hydrogen) atoms. The standard InChI is InChI=1S/C21H28N4O/c1-17-5-3-7-20(13-17)25-11-9-24(10-12-25)16-21(26)23-18(2)14-19-6-4-8-22-15-19/h3-8,13,15,18H,9-12,14,16H2,1-2H3,(H,23,26)/t18-/m0/s1. The topological polar surface area (TPSA) is 48.5 Å². The third-order valence-electron chi connectivity index (χ3n) is 4.78. The summed E-state index contributed by atoms with van der Waals surface area (Å²) in [7, 11) is 0. The van der Waals surface area contributed by atoms with Gasteiger partial charge in [-0.05, 0) is 49.6 Å². The number of hydrogen-bond acceptors (Lipinski definition) is 4. The molecule has 5 nitrogen and oxygen atoms in total. The van der Waals surface area contributed by atoms with E-state index in [0.29, 0.717) is 6.54 Å². The van der Waals surface area contributed by atoms with Crippen molar-refractivity contribution < 1.29 is 4.79 Å². The Bertz CT molecular complexity index is 711. The fraction of sp³-hybridized carbons (Fsp3) is 0.429. The molecule has 0 spiro atoms. The first-order valence-electron chi connectivity index (χ1n) is 9.32. The molecule has 138 valence electrons. The molecule has 1 aromatic heterocycles. The summed E-state index contributed by atoms with van der Waals surface area (Å²) in [4.78, 5) is 21.1. The van der Waals surface area contributed by atoms with Gasteiger partial charge in [-0.15, -0.1) is 0 Å². The largest absolute Gasteiger partial charge is 0.369 e. The highest BCUT2D eigenvalue weighted by atomic mass is 16.2. The maximum absolute atomic E-state index is 12.3. The molecule has 1 aliphatic rings. The number of hydrogen-bond donors (Lipinski definition) is 1. The molecule has 5 heteroatoms. The Morgan fingerprint density at radius 2 is 2.00 bits per heavy atom. The van der Waals surface area contributed by atoms with Crippen molar-refractivity contribution in [3.05, 3.63) is 59.9 Å². The van der Waals surface area contributed by atoms with Crippen LogP contribution in [0.15, 0.2) is 48.8 Å². The van der Waals surface area contributed by atoms with Crippen molar-refractivity contribution in [2.24, 2.45) is 0 Å². The lowest BCUT2D eigenvalue weighted by atomic mass is 10.1. The van der Waals surface area contributed by atoms with Gasteiger partial charge in [-0.2, -0.15) is 0 Å². The summed E-state index contributed by atoms with van der Waals surface area (Å²) in [6, 6.07) is 12.7. The Hall–Kier alpha value is -2.40. The first-order chi connectivity index (χ1) is 12.6. The van der Waals surface area contributed by atoms with Crippen molar-refractivity contribution in [1.82, 2.24) is 15.2 Å². The highest BCUT2D eigenvalue weighted by Crippen LogP contribution is 2.17. The lowest BCUT2D eigenvalue weighted by Gasteiger charge is -2.36. The lowest BCUT2D eigenvalue weighted by molar-refractivity contribution is -0.122. The number of nitrogens with one attached hydrogen (secondary N) is 1. The minimum atomic E-state index is 0.102. The number of piperazine rings is 1. The van der Waals surface area contributed by atoms with Crippen LogP contribution in [0.2, 0.25) is 0 Å². The molecule has 0 unspecified atom stereocenters. The van der Waals surface area contributed by atoms with Gasteiger partial charge in [0.15, 0.2) is 0 Å². The van der Waals surface area contributed by atoms with Crippen LogP contribution in [0.1, 0.15) is 18.1 Å². The van der Waals surface area contributed by atoms with Gasteiger partial charge in [0.25, 0.3) is 0 Å². The molecule has 0 saturated carbocycles. The van der Waals surface area contributed by atoms with E-state index in [2.05, 4.69) is 51.3 Å². The van der Waals surface area contributed by atoms with E-state index in [4.69, 9.17) is 0 Å². The van der Waals surface area contributed by atoms with Crippen LogP contribution in [0.5, 0.6) is 0 Å². The van der Waals surface area contributed by atoms with Gasteiger partial charge in [-0.1, -0.05) is 18.2 Å². The Morgan fingerprint density at radius 3 is 2.69 bits per heavy atom. The van der Waals surface area contributed by atoms with Gasteiger partial charge >= 0.3 is 0 Å².